The van der Waals surface area contributed by atoms with Gasteiger partial charge in [-0.2, -0.15) is 0 Å². The SMILES string of the molecule is CC(C)c1nc(N2CCCCC2C)c2ccccc2n1. The number of rotatable bonds is 2. The number of aromatic nitrogens is 2. The molecule has 1 aliphatic rings. The maximum atomic E-state index is 4.89. The lowest BCUT2D eigenvalue weighted by Crippen LogP contribution is -2.38. The van der Waals surface area contributed by atoms with Crippen LogP contribution in [-0.2, 0) is 0 Å². The Morgan fingerprint density at radius 2 is 1.95 bits per heavy atom. The van der Waals surface area contributed by atoms with Crippen LogP contribution < -0.4 is 4.90 Å². The van der Waals surface area contributed by atoms with Crippen LogP contribution in [0.5, 0.6) is 0 Å². The number of benzene rings is 1. The van der Waals surface area contributed by atoms with Crippen LogP contribution in [0.25, 0.3) is 10.9 Å². The number of piperidine rings is 1. The third kappa shape index (κ3) is 2.37. The van der Waals surface area contributed by atoms with Crippen molar-refractivity contribution < 1.29 is 0 Å². The van der Waals surface area contributed by atoms with Crippen molar-refractivity contribution in [2.45, 2.75) is 52.0 Å². The van der Waals surface area contributed by atoms with E-state index in [0.29, 0.717) is 12.0 Å². The third-order valence-electron chi connectivity index (χ3n) is 4.19. The Bertz CT molecular complexity index is 606. The molecule has 0 N–H and O–H groups in total. The average molecular weight is 269 g/mol. The molecular weight excluding hydrogens is 246 g/mol. The van der Waals surface area contributed by atoms with Crippen molar-refractivity contribution in [3.63, 3.8) is 0 Å². The fraction of sp³-hybridized carbons (Fsp3) is 0.529. The Kier molecular flexibility index (Phi) is 3.60. The van der Waals surface area contributed by atoms with Gasteiger partial charge in [0.1, 0.15) is 11.6 Å². The van der Waals surface area contributed by atoms with Gasteiger partial charge in [0.05, 0.1) is 5.52 Å². The summed E-state index contributed by atoms with van der Waals surface area (Å²) in [6.07, 6.45) is 3.85. The zero-order valence-corrected chi connectivity index (χ0v) is 12.6. The lowest BCUT2D eigenvalue weighted by atomic mass is 10.0. The Hall–Kier alpha value is -1.64. The van der Waals surface area contributed by atoms with Crippen molar-refractivity contribution in [1.82, 2.24) is 9.97 Å². The number of fused-ring (bicyclic) bond motifs is 1. The summed E-state index contributed by atoms with van der Waals surface area (Å²) in [7, 11) is 0. The van der Waals surface area contributed by atoms with Gasteiger partial charge in [-0.3, -0.25) is 0 Å². The minimum atomic E-state index is 0.360. The van der Waals surface area contributed by atoms with Crippen molar-refractivity contribution >= 4 is 16.7 Å². The molecule has 0 aliphatic carbocycles. The molecule has 3 rings (SSSR count). The van der Waals surface area contributed by atoms with Crippen LogP contribution in [0.15, 0.2) is 24.3 Å². The fourth-order valence-corrected chi connectivity index (χ4v) is 2.97. The van der Waals surface area contributed by atoms with Crippen molar-refractivity contribution in [2.75, 3.05) is 11.4 Å². The second-order valence-corrected chi connectivity index (χ2v) is 6.12. The van der Waals surface area contributed by atoms with Crippen LogP contribution in [0.2, 0.25) is 0 Å². The predicted molar refractivity (Wildman–Crippen MR) is 84.3 cm³/mol. The first-order chi connectivity index (χ1) is 9.66. The zero-order chi connectivity index (χ0) is 14.1. The molecule has 3 nitrogen and oxygen atoms in total. The Morgan fingerprint density at radius 3 is 2.70 bits per heavy atom. The van der Waals surface area contributed by atoms with E-state index < -0.39 is 0 Å². The molecule has 0 radical (unpaired) electrons. The molecule has 0 saturated carbocycles. The first-order valence-corrected chi connectivity index (χ1v) is 7.70. The lowest BCUT2D eigenvalue weighted by Gasteiger charge is -2.35. The molecule has 2 heterocycles. The molecule has 0 spiro atoms. The van der Waals surface area contributed by atoms with Gasteiger partial charge in [0.2, 0.25) is 0 Å². The Balaban J connectivity index is 2.16. The number of nitrogens with zero attached hydrogens (tertiary/aromatic N) is 3. The second kappa shape index (κ2) is 5.39. The average Bonchev–Trinajstić information content (AvgIpc) is 2.46. The van der Waals surface area contributed by atoms with Crippen molar-refractivity contribution in [3.05, 3.63) is 30.1 Å². The highest BCUT2D eigenvalue weighted by Gasteiger charge is 2.22. The summed E-state index contributed by atoms with van der Waals surface area (Å²) >= 11 is 0. The minimum absolute atomic E-state index is 0.360. The van der Waals surface area contributed by atoms with E-state index in [0.717, 1.165) is 23.7 Å². The summed E-state index contributed by atoms with van der Waals surface area (Å²) < 4.78 is 0. The van der Waals surface area contributed by atoms with E-state index in [9.17, 15) is 0 Å². The van der Waals surface area contributed by atoms with Gasteiger partial charge >= 0.3 is 0 Å². The number of hydrogen-bond donors (Lipinski definition) is 0. The molecule has 1 unspecified atom stereocenters. The standard InChI is InChI=1S/C17H23N3/c1-12(2)16-18-15-10-5-4-9-14(15)17(19-16)20-11-7-6-8-13(20)3/h4-5,9-10,12-13H,6-8,11H2,1-3H3. The monoisotopic (exact) mass is 269 g/mol. The largest absolute Gasteiger partial charge is 0.353 e. The smallest absolute Gasteiger partial charge is 0.140 e. The molecule has 2 aromatic rings. The predicted octanol–water partition coefficient (Wildman–Crippen LogP) is 4.13. The topological polar surface area (TPSA) is 29.0 Å². The van der Waals surface area contributed by atoms with Gasteiger partial charge in [0, 0.05) is 23.9 Å². The molecule has 3 heteroatoms. The van der Waals surface area contributed by atoms with E-state index in [1.807, 2.05) is 0 Å². The quantitative estimate of drug-likeness (QED) is 0.820. The summed E-state index contributed by atoms with van der Waals surface area (Å²) in [6, 6.07) is 8.96. The van der Waals surface area contributed by atoms with Crippen LogP contribution in [0.3, 0.4) is 0 Å². The fourth-order valence-electron chi connectivity index (χ4n) is 2.97. The van der Waals surface area contributed by atoms with Crippen LogP contribution in [0.1, 0.15) is 51.8 Å². The van der Waals surface area contributed by atoms with Gasteiger partial charge in [-0.1, -0.05) is 26.0 Å². The Morgan fingerprint density at radius 1 is 1.15 bits per heavy atom. The van der Waals surface area contributed by atoms with Gasteiger partial charge in [-0.15, -0.1) is 0 Å². The third-order valence-corrected chi connectivity index (χ3v) is 4.19. The summed E-state index contributed by atoms with van der Waals surface area (Å²) in [5.41, 5.74) is 1.07. The van der Waals surface area contributed by atoms with E-state index in [1.165, 1.54) is 24.6 Å². The minimum Gasteiger partial charge on any atom is -0.353 e. The first-order valence-electron chi connectivity index (χ1n) is 7.70. The van der Waals surface area contributed by atoms with Crippen LogP contribution >= 0.6 is 0 Å². The molecule has 1 saturated heterocycles. The number of para-hydroxylation sites is 1. The second-order valence-electron chi connectivity index (χ2n) is 6.12. The Labute approximate surface area is 121 Å². The van der Waals surface area contributed by atoms with Gasteiger partial charge in [-0.25, -0.2) is 9.97 Å². The summed E-state index contributed by atoms with van der Waals surface area (Å²) in [4.78, 5) is 12.1. The molecule has 1 atom stereocenters. The maximum Gasteiger partial charge on any atom is 0.140 e. The highest BCUT2D eigenvalue weighted by molar-refractivity contribution is 5.89. The normalized spacial score (nSPS) is 19.8. The van der Waals surface area contributed by atoms with E-state index >= 15 is 0 Å². The van der Waals surface area contributed by atoms with Gasteiger partial charge < -0.3 is 4.90 Å². The van der Waals surface area contributed by atoms with E-state index in [-0.39, 0.29) is 0 Å². The van der Waals surface area contributed by atoms with Crippen molar-refractivity contribution in [1.29, 1.82) is 0 Å². The molecule has 0 bridgehead atoms. The molecule has 1 aromatic heterocycles. The van der Waals surface area contributed by atoms with Crippen molar-refractivity contribution in [3.8, 4) is 0 Å². The van der Waals surface area contributed by atoms with Crippen LogP contribution in [0, 0.1) is 0 Å². The number of anilines is 1. The van der Waals surface area contributed by atoms with Crippen LogP contribution in [0.4, 0.5) is 5.82 Å². The molecule has 1 aliphatic heterocycles. The van der Waals surface area contributed by atoms with E-state index in [2.05, 4.69) is 49.9 Å². The molecule has 1 aromatic carbocycles. The van der Waals surface area contributed by atoms with Crippen molar-refractivity contribution in [2.24, 2.45) is 0 Å². The molecule has 20 heavy (non-hydrogen) atoms. The first kappa shape index (κ1) is 13.3. The van der Waals surface area contributed by atoms with E-state index in [4.69, 9.17) is 9.97 Å². The summed E-state index contributed by atoms with van der Waals surface area (Å²) in [5.74, 6) is 2.45. The van der Waals surface area contributed by atoms with Gasteiger partial charge in [0.25, 0.3) is 0 Å². The molecule has 0 amide bonds. The van der Waals surface area contributed by atoms with Gasteiger partial charge in [0.15, 0.2) is 0 Å². The van der Waals surface area contributed by atoms with Gasteiger partial charge in [-0.05, 0) is 38.3 Å². The lowest BCUT2D eigenvalue weighted by molar-refractivity contribution is 0.481. The molecule has 106 valence electrons. The maximum absolute atomic E-state index is 4.89. The highest BCUT2D eigenvalue weighted by atomic mass is 15.2. The number of hydrogen-bond acceptors (Lipinski definition) is 3. The zero-order valence-electron chi connectivity index (χ0n) is 12.6. The van der Waals surface area contributed by atoms with E-state index in [1.54, 1.807) is 0 Å². The summed E-state index contributed by atoms with van der Waals surface area (Å²) in [5, 5.41) is 1.19. The molecule has 1 fully saturated rings. The van der Waals surface area contributed by atoms with Crippen LogP contribution in [-0.4, -0.2) is 22.6 Å². The summed E-state index contributed by atoms with van der Waals surface area (Å²) in [6.45, 7) is 7.74. The molecular formula is C17H23N3. The highest BCUT2D eigenvalue weighted by Crippen LogP contribution is 2.30.